The van der Waals surface area contributed by atoms with Gasteiger partial charge in [-0.05, 0) is 37.3 Å². The van der Waals surface area contributed by atoms with Crippen molar-refractivity contribution in [2.24, 2.45) is 5.92 Å². The normalized spacial score (nSPS) is 22.3. The van der Waals surface area contributed by atoms with Crippen molar-refractivity contribution >= 4 is 0 Å². The van der Waals surface area contributed by atoms with Crippen LogP contribution in [0.4, 0.5) is 13.2 Å². The largest absolute Gasteiger partial charge is 0.416 e. The van der Waals surface area contributed by atoms with E-state index >= 15 is 0 Å². The number of nitrogens with zero attached hydrogens (tertiary/aromatic N) is 2. The Hall–Kier alpha value is -1.82. The summed E-state index contributed by atoms with van der Waals surface area (Å²) in [6.07, 6.45) is 2.88. The Labute approximate surface area is 132 Å². The number of aliphatic hydroxyl groups excluding tert-OH is 1. The molecule has 0 aliphatic heterocycles. The van der Waals surface area contributed by atoms with Crippen molar-refractivity contribution in [2.45, 2.75) is 37.9 Å². The zero-order valence-electron chi connectivity index (χ0n) is 12.6. The second-order valence-corrected chi connectivity index (χ2v) is 6.11. The molecule has 23 heavy (non-hydrogen) atoms. The standard InChI is InChI=1S/C17H19F3N2O/c18-17(19,20)14-5-2-4-13(10-14)16-21-7-8-22(16)15-6-1-3-12(9-15)11-23/h2,4-5,7-8,10,12,15,23H,1,3,6,9,11H2/t12-,15-/m1/s1. The fourth-order valence-electron chi connectivity index (χ4n) is 3.35. The van der Waals surface area contributed by atoms with Crippen LogP contribution >= 0.6 is 0 Å². The smallest absolute Gasteiger partial charge is 0.396 e. The summed E-state index contributed by atoms with van der Waals surface area (Å²) in [6.45, 7) is 0.157. The molecule has 1 fully saturated rings. The molecule has 0 bridgehead atoms. The molecule has 1 heterocycles. The molecule has 1 aromatic heterocycles. The molecule has 1 N–H and O–H groups in total. The van der Waals surface area contributed by atoms with E-state index < -0.39 is 11.7 Å². The van der Waals surface area contributed by atoms with E-state index in [-0.39, 0.29) is 18.6 Å². The lowest BCUT2D eigenvalue weighted by Gasteiger charge is -2.30. The summed E-state index contributed by atoms with van der Waals surface area (Å²) < 4.78 is 40.7. The SMILES string of the molecule is OC[C@@H]1CCC[C@@H](n2ccnc2-c2cccc(C(F)(F)F)c2)C1. The van der Waals surface area contributed by atoms with Crippen LogP contribution in [0.1, 0.15) is 37.3 Å². The van der Waals surface area contributed by atoms with Gasteiger partial charge >= 0.3 is 6.18 Å². The second-order valence-electron chi connectivity index (χ2n) is 6.11. The molecular weight excluding hydrogens is 305 g/mol. The number of hydrogen-bond donors (Lipinski definition) is 1. The lowest BCUT2D eigenvalue weighted by atomic mass is 9.86. The molecule has 124 valence electrons. The Morgan fingerprint density at radius 1 is 1.26 bits per heavy atom. The fraction of sp³-hybridized carbons (Fsp3) is 0.471. The van der Waals surface area contributed by atoms with E-state index in [1.807, 2.05) is 10.8 Å². The summed E-state index contributed by atoms with van der Waals surface area (Å²) in [5.74, 6) is 0.810. The maximum Gasteiger partial charge on any atom is 0.416 e. The Kier molecular flexibility index (Phi) is 4.43. The van der Waals surface area contributed by atoms with Crippen molar-refractivity contribution in [1.82, 2.24) is 9.55 Å². The van der Waals surface area contributed by atoms with Gasteiger partial charge in [0.15, 0.2) is 0 Å². The zero-order valence-corrected chi connectivity index (χ0v) is 12.6. The maximum absolute atomic E-state index is 12.9. The molecule has 1 aromatic carbocycles. The van der Waals surface area contributed by atoms with Gasteiger partial charge in [0.1, 0.15) is 5.82 Å². The third-order valence-electron chi connectivity index (χ3n) is 4.52. The number of hydrogen-bond acceptors (Lipinski definition) is 2. The minimum absolute atomic E-state index is 0.157. The van der Waals surface area contributed by atoms with Gasteiger partial charge in [-0.2, -0.15) is 13.2 Å². The van der Waals surface area contributed by atoms with Crippen LogP contribution < -0.4 is 0 Å². The molecule has 3 nitrogen and oxygen atoms in total. The summed E-state index contributed by atoms with van der Waals surface area (Å²) >= 11 is 0. The van der Waals surface area contributed by atoms with Crippen LogP contribution in [0, 0.1) is 5.92 Å². The molecule has 1 saturated carbocycles. The van der Waals surface area contributed by atoms with Crippen LogP contribution in [0.3, 0.4) is 0 Å². The lowest BCUT2D eigenvalue weighted by Crippen LogP contribution is -2.21. The molecule has 0 amide bonds. The van der Waals surface area contributed by atoms with Crippen molar-refractivity contribution in [3.8, 4) is 11.4 Å². The van der Waals surface area contributed by atoms with Crippen molar-refractivity contribution in [1.29, 1.82) is 0 Å². The first-order chi connectivity index (χ1) is 11.0. The third-order valence-corrected chi connectivity index (χ3v) is 4.52. The number of rotatable bonds is 3. The first-order valence-electron chi connectivity index (χ1n) is 7.80. The molecule has 0 unspecified atom stereocenters. The van der Waals surface area contributed by atoms with Gasteiger partial charge in [0, 0.05) is 30.6 Å². The lowest BCUT2D eigenvalue weighted by molar-refractivity contribution is -0.137. The van der Waals surface area contributed by atoms with Gasteiger partial charge in [-0.1, -0.05) is 18.6 Å². The number of halogens is 3. The fourth-order valence-corrected chi connectivity index (χ4v) is 3.35. The highest BCUT2D eigenvalue weighted by atomic mass is 19.4. The van der Waals surface area contributed by atoms with E-state index in [9.17, 15) is 18.3 Å². The molecule has 1 aliphatic rings. The number of aromatic nitrogens is 2. The van der Waals surface area contributed by atoms with Crippen molar-refractivity contribution in [3.05, 3.63) is 42.2 Å². The monoisotopic (exact) mass is 324 g/mol. The highest BCUT2D eigenvalue weighted by Gasteiger charge is 2.31. The van der Waals surface area contributed by atoms with Gasteiger partial charge in [0.05, 0.1) is 5.56 Å². The first-order valence-corrected chi connectivity index (χ1v) is 7.80. The Morgan fingerprint density at radius 2 is 2.09 bits per heavy atom. The first kappa shape index (κ1) is 16.1. The van der Waals surface area contributed by atoms with E-state index in [1.54, 1.807) is 12.3 Å². The van der Waals surface area contributed by atoms with E-state index in [0.717, 1.165) is 37.8 Å². The van der Waals surface area contributed by atoms with Gasteiger partial charge in [-0.15, -0.1) is 0 Å². The van der Waals surface area contributed by atoms with Gasteiger partial charge in [0.2, 0.25) is 0 Å². The molecule has 2 aromatic rings. The van der Waals surface area contributed by atoms with E-state index in [4.69, 9.17) is 0 Å². The summed E-state index contributed by atoms with van der Waals surface area (Å²) in [6, 6.07) is 5.45. The van der Waals surface area contributed by atoms with Crippen LogP contribution in [0.5, 0.6) is 0 Å². The van der Waals surface area contributed by atoms with Crippen molar-refractivity contribution in [3.63, 3.8) is 0 Å². The van der Waals surface area contributed by atoms with E-state index in [1.165, 1.54) is 6.07 Å². The van der Waals surface area contributed by atoms with Crippen LogP contribution in [0.2, 0.25) is 0 Å². The summed E-state index contributed by atoms with van der Waals surface area (Å²) in [4.78, 5) is 4.27. The maximum atomic E-state index is 12.9. The Balaban J connectivity index is 1.92. The summed E-state index contributed by atoms with van der Waals surface area (Å²) in [5, 5.41) is 9.37. The minimum Gasteiger partial charge on any atom is -0.396 e. The van der Waals surface area contributed by atoms with Gasteiger partial charge < -0.3 is 9.67 Å². The van der Waals surface area contributed by atoms with Gasteiger partial charge in [0.25, 0.3) is 0 Å². The molecule has 0 radical (unpaired) electrons. The highest BCUT2D eigenvalue weighted by molar-refractivity contribution is 5.57. The van der Waals surface area contributed by atoms with Crippen LogP contribution in [0.25, 0.3) is 11.4 Å². The summed E-state index contributed by atoms with van der Waals surface area (Å²) in [5.41, 5.74) is -0.197. The Bertz CT molecular complexity index is 666. The van der Waals surface area contributed by atoms with Crippen LogP contribution in [-0.2, 0) is 6.18 Å². The molecule has 1 aliphatic carbocycles. The predicted octanol–water partition coefficient (Wildman–Crippen LogP) is 4.29. The van der Waals surface area contributed by atoms with Crippen molar-refractivity contribution in [2.75, 3.05) is 6.61 Å². The minimum atomic E-state index is -4.36. The third kappa shape index (κ3) is 3.42. The quantitative estimate of drug-likeness (QED) is 0.914. The topological polar surface area (TPSA) is 38.0 Å². The highest BCUT2D eigenvalue weighted by Crippen LogP contribution is 2.36. The molecule has 6 heteroatoms. The summed E-state index contributed by atoms with van der Waals surface area (Å²) in [7, 11) is 0. The second kappa shape index (κ2) is 6.35. The molecule has 2 atom stereocenters. The van der Waals surface area contributed by atoms with E-state index in [2.05, 4.69) is 4.98 Å². The molecular formula is C17H19F3N2O. The molecule has 0 saturated heterocycles. The molecule has 3 rings (SSSR count). The number of imidazole rings is 1. The van der Waals surface area contributed by atoms with Gasteiger partial charge in [-0.25, -0.2) is 4.98 Å². The van der Waals surface area contributed by atoms with Gasteiger partial charge in [-0.3, -0.25) is 0 Å². The van der Waals surface area contributed by atoms with Crippen molar-refractivity contribution < 1.29 is 18.3 Å². The number of benzene rings is 1. The van der Waals surface area contributed by atoms with Crippen LogP contribution in [-0.4, -0.2) is 21.3 Å². The average Bonchev–Trinajstić information content (AvgIpc) is 3.04. The predicted molar refractivity (Wildman–Crippen MR) is 80.7 cm³/mol. The van der Waals surface area contributed by atoms with E-state index in [0.29, 0.717) is 11.4 Å². The average molecular weight is 324 g/mol. The Morgan fingerprint density at radius 3 is 2.83 bits per heavy atom. The number of aliphatic hydroxyl groups is 1. The zero-order chi connectivity index (χ0) is 16.4. The molecule has 0 spiro atoms. The van der Waals surface area contributed by atoms with Crippen LogP contribution in [0.15, 0.2) is 36.7 Å². The number of alkyl halides is 3.